The molecule has 0 spiro atoms. The van der Waals surface area contributed by atoms with Gasteiger partial charge in [0.25, 0.3) is 0 Å². The summed E-state index contributed by atoms with van der Waals surface area (Å²) < 4.78 is 29.0. The maximum Gasteiger partial charge on any atom is 0.379 e. The van der Waals surface area contributed by atoms with Gasteiger partial charge >= 0.3 is 6.68 Å². The van der Waals surface area contributed by atoms with Gasteiger partial charge in [-0.3, -0.25) is 0 Å². The second-order valence-electron chi connectivity index (χ2n) is 7.08. The molecule has 1 aliphatic carbocycles. The summed E-state index contributed by atoms with van der Waals surface area (Å²) in [4.78, 5) is 4.19. The third kappa shape index (κ3) is 6.40. The van der Waals surface area contributed by atoms with Gasteiger partial charge in [0.05, 0.1) is 10.9 Å². The quantitative estimate of drug-likeness (QED) is 0.379. The molecule has 3 aromatic carbocycles. The summed E-state index contributed by atoms with van der Waals surface area (Å²) in [6.07, 6.45) is 6.93. The first-order valence-electron chi connectivity index (χ1n) is 10.0. The lowest BCUT2D eigenvalue weighted by Gasteiger charge is -2.22. The molecule has 3 aromatic rings. The normalized spacial score (nSPS) is 14.5. The summed E-state index contributed by atoms with van der Waals surface area (Å²) in [5, 5.41) is 0. The third-order valence-electron chi connectivity index (χ3n) is 5.15. The zero-order valence-electron chi connectivity index (χ0n) is 16.3. The molecule has 0 N–H and O–H groups in total. The summed E-state index contributed by atoms with van der Waals surface area (Å²) in [5.74, 6) is 0.776. The van der Waals surface area contributed by atoms with Crippen LogP contribution >= 0.6 is 0 Å². The van der Waals surface area contributed by atoms with Crippen LogP contribution in [0.2, 0.25) is 0 Å². The number of halogens is 3. The van der Waals surface area contributed by atoms with Crippen LogP contribution in [0.1, 0.15) is 43.6 Å². The van der Waals surface area contributed by atoms with Crippen molar-refractivity contribution >= 4 is 10.9 Å². The average Bonchev–Trinajstić information content (AvgIpc) is 2.76. The van der Waals surface area contributed by atoms with Gasteiger partial charge in [0.15, 0.2) is 14.7 Å². The molecule has 1 aliphatic rings. The predicted molar refractivity (Wildman–Crippen MR) is 114 cm³/mol. The van der Waals surface area contributed by atoms with Crippen molar-refractivity contribution in [2.45, 2.75) is 59.4 Å². The van der Waals surface area contributed by atoms with Crippen molar-refractivity contribution in [1.29, 1.82) is 0 Å². The Balaban J connectivity index is 0.000000552. The molecule has 0 atom stereocenters. The topological polar surface area (TPSA) is 0 Å². The molecule has 0 nitrogen and oxygen atoms in total. The highest BCUT2D eigenvalue weighted by molar-refractivity contribution is 7.97. The van der Waals surface area contributed by atoms with Crippen molar-refractivity contribution in [2.75, 3.05) is 0 Å². The minimum absolute atomic E-state index is 0.0278. The van der Waals surface area contributed by atoms with E-state index in [1.54, 1.807) is 0 Å². The first-order valence-corrected chi connectivity index (χ1v) is 11.2. The van der Waals surface area contributed by atoms with E-state index in [1.807, 2.05) is 0 Å². The lowest BCUT2D eigenvalue weighted by Crippen LogP contribution is -2.07. The maximum absolute atomic E-state index is 9.67. The minimum Gasteiger partial charge on any atom is -0.174 e. The van der Waals surface area contributed by atoms with Crippen molar-refractivity contribution in [3.05, 3.63) is 90.5 Å². The van der Waals surface area contributed by atoms with Crippen molar-refractivity contribution < 1.29 is 13.2 Å². The van der Waals surface area contributed by atoms with E-state index in [9.17, 15) is 13.2 Å². The van der Waals surface area contributed by atoms with Crippen molar-refractivity contribution in [2.24, 2.45) is 0 Å². The Hall–Kier alpha value is -2.20. The zero-order chi connectivity index (χ0) is 20.5. The molecule has 0 unspecified atom stereocenters. The molecule has 1 saturated carbocycles. The molecule has 0 heterocycles. The van der Waals surface area contributed by atoms with Crippen molar-refractivity contribution in [3.8, 4) is 0 Å². The SMILES string of the molecule is FC(F)F.c1ccc([S+](c2ccccc2)c2ccc(C3CCCCC3)cc2)cc1. The Morgan fingerprint density at radius 1 is 0.586 bits per heavy atom. The van der Waals surface area contributed by atoms with Gasteiger partial charge in [0.2, 0.25) is 0 Å². The van der Waals surface area contributed by atoms with Crippen LogP contribution < -0.4 is 0 Å². The van der Waals surface area contributed by atoms with Crippen LogP contribution in [-0.2, 0) is 10.9 Å². The molecule has 0 aliphatic heterocycles. The second kappa shape index (κ2) is 11.1. The third-order valence-corrected chi connectivity index (χ3v) is 7.38. The molecular weight excluding hydrogens is 389 g/mol. The Morgan fingerprint density at radius 3 is 1.45 bits per heavy atom. The molecule has 1 fully saturated rings. The van der Waals surface area contributed by atoms with Crippen LogP contribution in [0.15, 0.2) is 99.6 Å². The van der Waals surface area contributed by atoms with E-state index < -0.39 is 6.68 Å². The average molecular weight is 416 g/mol. The first kappa shape index (κ1) is 21.5. The van der Waals surface area contributed by atoms with Gasteiger partial charge in [-0.15, -0.1) is 0 Å². The zero-order valence-corrected chi connectivity index (χ0v) is 17.1. The van der Waals surface area contributed by atoms with E-state index >= 15 is 0 Å². The predicted octanol–water partition coefficient (Wildman–Crippen LogP) is 8.01. The van der Waals surface area contributed by atoms with Crippen molar-refractivity contribution in [1.82, 2.24) is 0 Å². The van der Waals surface area contributed by atoms with Crippen LogP contribution in [-0.4, -0.2) is 6.68 Å². The Morgan fingerprint density at radius 2 is 1.00 bits per heavy atom. The second-order valence-corrected chi connectivity index (χ2v) is 9.11. The fourth-order valence-corrected chi connectivity index (χ4v) is 5.92. The van der Waals surface area contributed by atoms with E-state index in [1.165, 1.54) is 52.4 Å². The number of hydrogen-bond acceptors (Lipinski definition) is 0. The van der Waals surface area contributed by atoms with Gasteiger partial charge in [0.1, 0.15) is 0 Å². The van der Waals surface area contributed by atoms with E-state index in [-0.39, 0.29) is 10.9 Å². The molecule has 0 saturated heterocycles. The van der Waals surface area contributed by atoms with Crippen LogP contribution in [0.5, 0.6) is 0 Å². The Bertz CT molecular complexity index is 787. The maximum atomic E-state index is 9.67. The summed E-state index contributed by atoms with van der Waals surface area (Å²) in [5.41, 5.74) is 1.54. The van der Waals surface area contributed by atoms with Gasteiger partial charge in [-0.2, -0.15) is 13.2 Å². The first-order chi connectivity index (χ1) is 14.1. The lowest BCUT2D eigenvalue weighted by atomic mass is 9.84. The van der Waals surface area contributed by atoms with Gasteiger partial charge in [-0.1, -0.05) is 67.8 Å². The number of hydrogen-bond donors (Lipinski definition) is 0. The van der Waals surface area contributed by atoms with Crippen LogP contribution in [0.4, 0.5) is 13.2 Å². The highest BCUT2D eigenvalue weighted by Crippen LogP contribution is 2.35. The van der Waals surface area contributed by atoms with Crippen LogP contribution in [0.25, 0.3) is 0 Å². The van der Waals surface area contributed by atoms with Crippen molar-refractivity contribution in [3.63, 3.8) is 0 Å². The lowest BCUT2D eigenvalue weighted by molar-refractivity contribution is 0.00819. The van der Waals surface area contributed by atoms with Gasteiger partial charge < -0.3 is 0 Å². The number of rotatable bonds is 4. The van der Waals surface area contributed by atoms with E-state index in [4.69, 9.17) is 0 Å². The van der Waals surface area contributed by atoms with E-state index in [0.29, 0.717) is 0 Å². The standard InChI is InChI=1S/C24H25S.CHF3/c1-4-10-20(11-5-1)21-16-18-24(19-17-21)25(22-12-6-2-7-13-22)23-14-8-3-9-15-23;2-1(3)4/h2-3,6-9,12-20H,1,4-5,10-11H2;1H/q+1;. The molecular formula is C25H26F3S+. The Labute approximate surface area is 174 Å². The molecule has 0 amide bonds. The molecule has 0 radical (unpaired) electrons. The molecule has 0 bridgehead atoms. The van der Waals surface area contributed by atoms with Gasteiger partial charge in [-0.05, 0) is 60.7 Å². The molecule has 0 aromatic heterocycles. The smallest absolute Gasteiger partial charge is 0.174 e. The summed E-state index contributed by atoms with van der Waals surface area (Å²) in [6, 6.07) is 31.3. The fourth-order valence-electron chi connectivity index (χ4n) is 3.83. The summed E-state index contributed by atoms with van der Waals surface area (Å²) in [7, 11) is -0.0278. The molecule has 152 valence electrons. The molecule has 4 heteroatoms. The minimum atomic E-state index is -3.67. The summed E-state index contributed by atoms with van der Waals surface area (Å²) in [6.45, 7) is -3.67. The highest BCUT2D eigenvalue weighted by Gasteiger charge is 2.28. The number of alkyl halides is 3. The summed E-state index contributed by atoms with van der Waals surface area (Å²) >= 11 is 0. The fraction of sp³-hybridized carbons (Fsp3) is 0.280. The Kier molecular flexibility index (Phi) is 8.24. The van der Waals surface area contributed by atoms with E-state index in [2.05, 4.69) is 84.9 Å². The molecule has 4 rings (SSSR count). The number of benzene rings is 3. The molecule has 29 heavy (non-hydrogen) atoms. The monoisotopic (exact) mass is 415 g/mol. The van der Waals surface area contributed by atoms with Gasteiger partial charge in [0, 0.05) is 0 Å². The van der Waals surface area contributed by atoms with E-state index in [0.717, 1.165) is 5.92 Å². The van der Waals surface area contributed by atoms with Gasteiger partial charge in [-0.25, -0.2) is 0 Å². The largest absolute Gasteiger partial charge is 0.379 e. The van der Waals surface area contributed by atoms with Crippen LogP contribution in [0.3, 0.4) is 0 Å². The van der Waals surface area contributed by atoms with Crippen LogP contribution in [0, 0.1) is 0 Å². The highest BCUT2D eigenvalue weighted by atomic mass is 32.2.